The molecule has 0 bridgehead atoms. The first-order chi connectivity index (χ1) is 7.00. The van der Waals surface area contributed by atoms with Gasteiger partial charge >= 0.3 is 0 Å². The van der Waals surface area contributed by atoms with Gasteiger partial charge in [-0.25, -0.2) is 0 Å². The average Bonchev–Trinajstić information content (AvgIpc) is 2.37. The van der Waals surface area contributed by atoms with Crippen molar-refractivity contribution in [2.75, 3.05) is 26.2 Å². The van der Waals surface area contributed by atoms with E-state index in [1.54, 1.807) is 0 Å². The third kappa shape index (κ3) is 10.0. The van der Waals surface area contributed by atoms with Crippen LogP contribution in [-0.2, 0) is 0 Å². The Bertz CT molecular complexity index is 51.3. The van der Waals surface area contributed by atoms with Gasteiger partial charge in [0.25, 0.3) is 0 Å². The van der Waals surface area contributed by atoms with Crippen LogP contribution in [-0.4, -0.2) is 26.2 Å². The van der Waals surface area contributed by atoms with E-state index in [0.717, 1.165) is 0 Å². The maximum Gasteiger partial charge on any atom is -0.00489 e. The third-order valence-corrected chi connectivity index (χ3v) is 2.41. The molecule has 2 saturated heterocycles. The van der Waals surface area contributed by atoms with Crippen molar-refractivity contribution in [3.8, 4) is 0 Å². The smallest absolute Gasteiger partial charge is 0.00489 e. The van der Waals surface area contributed by atoms with E-state index in [0.29, 0.717) is 0 Å². The van der Waals surface area contributed by atoms with Crippen molar-refractivity contribution in [2.45, 2.75) is 52.4 Å². The van der Waals surface area contributed by atoms with Crippen LogP contribution in [0.3, 0.4) is 0 Å². The van der Waals surface area contributed by atoms with Gasteiger partial charge in [-0.3, -0.25) is 0 Å². The monoisotopic (exact) mass is 200 g/mol. The van der Waals surface area contributed by atoms with Crippen LogP contribution < -0.4 is 10.6 Å². The minimum absolute atomic E-state index is 1.25. The van der Waals surface area contributed by atoms with Crippen molar-refractivity contribution < 1.29 is 0 Å². The predicted molar refractivity (Wildman–Crippen MR) is 64.8 cm³/mol. The van der Waals surface area contributed by atoms with Gasteiger partial charge in [0.1, 0.15) is 0 Å². The molecule has 14 heavy (non-hydrogen) atoms. The Hall–Kier alpha value is -0.0800. The zero-order valence-corrected chi connectivity index (χ0v) is 10.1. The Labute approximate surface area is 89.9 Å². The lowest BCUT2D eigenvalue weighted by Crippen LogP contribution is -2.21. The minimum atomic E-state index is 1.25. The summed E-state index contributed by atoms with van der Waals surface area (Å²) in [6.07, 6.45) is 8.43. The van der Waals surface area contributed by atoms with Crippen molar-refractivity contribution in [3.63, 3.8) is 0 Å². The quantitative estimate of drug-likeness (QED) is 0.628. The molecule has 2 aliphatic rings. The molecule has 0 amide bonds. The summed E-state index contributed by atoms with van der Waals surface area (Å²) in [4.78, 5) is 0. The van der Waals surface area contributed by atoms with Gasteiger partial charge in [0.05, 0.1) is 0 Å². The second kappa shape index (κ2) is 12.9. The number of hydrogen-bond acceptors (Lipinski definition) is 2. The summed E-state index contributed by atoms with van der Waals surface area (Å²) in [5.41, 5.74) is 0. The van der Waals surface area contributed by atoms with Crippen LogP contribution in [0.25, 0.3) is 0 Å². The lowest BCUT2D eigenvalue weighted by atomic mass is 10.2. The van der Waals surface area contributed by atoms with E-state index in [-0.39, 0.29) is 0 Å². The van der Waals surface area contributed by atoms with Crippen LogP contribution in [0.5, 0.6) is 0 Å². The van der Waals surface area contributed by atoms with Crippen molar-refractivity contribution in [2.24, 2.45) is 0 Å². The summed E-state index contributed by atoms with van der Waals surface area (Å²) in [7, 11) is 0. The summed E-state index contributed by atoms with van der Waals surface area (Å²) < 4.78 is 0. The molecule has 2 heterocycles. The van der Waals surface area contributed by atoms with E-state index < -0.39 is 0 Å². The fraction of sp³-hybridized carbons (Fsp3) is 1.00. The Morgan fingerprint density at radius 1 is 0.500 bits per heavy atom. The minimum Gasteiger partial charge on any atom is -0.317 e. The molecule has 2 rings (SSSR count). The molecule has 2 nitrogen and oxygen atoms in total. The number of piperidine rings is 2. The van der Waals surface area contributed by atoms with E-state index in [2.05, 4.69) is 10.6 Å². The summed E-state index contributed by atoms with van der Waals surface area (Å²) in [6, 6.07) is 0. The molecular weight excluding hydrogens is 172 g/mol. The molecular formula is C12H28N2. The molecule has 2 aliphatic heterocycles. The predicted octanol–water partition coefficient (Wildman–Crippen LogP) is 2.55. The first-order valence-corrected chi connectivity index (χ1v) is 6.41. The van der Waals surface area contributed by atoms with Crippen LogP contribution >= 0.6 is 0 Å². The van der Waals surface area contributed by atoms with Crippen molar-refractivity contribution in [1.82, 2.24) is 10.6 Å². The summed E-state index contributed by atoms with van der Waals surface area (Å²) >= 11 is 0. The van der Waals surface area contributed by atoms with Crippen molar-refractivity contribution in [3.05, 3.63) is 0 Å². The molecule has 0 spiro atoms. The number of rotatable bonds is 0. The Balaban J connectivity index is 0.000000206. The average molecular weight is 200 g/mol. The van der Waals surface area contributed by atoms with Gasteiger partial charge in [0, 0.05) is 0 Å². The summed E-state index contributed by atoms with van der Waals surface area (Å²) in [5.74, 6) is 0. The van der Waals surface area contributed by atoms with E-state index >= 15 is 0 Å². The maximum atomic E-state index is 3.28. The van der Waals surface area contributed by atoms with Gasteiger partial charge < -0.3 is 10.6 Å². The number of hydrogen-bond donors (Lipinski definition) is 2. The van der Waals surface area contributed by atoms with Crippen molar-refractivity contribution >= 4 is 0 Å². The summed E-state index contributed by atoms with van der Waals surface area (Å²) in [6.45, 7) is 9.00. The normalized spacial score (nSPS) is 21.0. The molecule has 0 aromatic rings. The van der Waals surface area contributed by atoms with E-state index in [9.17, 15) is 0 Å². The Morgan fingerprint density at radius 2 is 0.786 bits per heavy atom. The molecule has 0 aliphatic carbocycles. The van der Waals surface area contributed by atoms with Crippen LogP contribution in [0.4, 0.5) is 0 Å². The van der Waals surface area contributed by atoms with Gasteiger partial charge in [0.2, 0.25) is 0 Å². The molecule has 0 saturated carbocycles. The van der Waals surface area contributed by atoms with E-state index in [1.165, 1.54) is 64.7 Å². The van der Waals surface area contributed by atoms with Gasteiger partial charge in [-0.05, 0) is 51.9 Å². The fourth-order valence-electron chi connectivity index (χ4n) is 1.60. The maximum absolute atomic E-state index is 3.28. The highest BCUT2D eigenvalue weighted by atomic mass is 14.9. The Morgan fingerprint density at radius 3 is 0.857 bits per heavy atom. The highest BCUT2D eigenvalue weighted by Crippen LogP contribution is 1.97. The topological polar surface area (TPSA) is 24.1 Å². The standard InChI is InChI=1S/2C5H11N.C2H6/c2*1-2-4-6-5-3-1;1-2/h2*6H,1-5H2;1-2H3. The molecule has 86 valence electrons. The highest BCUT2D eigenvalue weighted by molar-refractivity contribution is 4.55. The molecule has 0 unspecified atom stereocenters. The molecule has 2 fully saturated rings. The molecule has 2 N–H and O–H groups in total. The molecule has 0 aromatic heterocycles. The number of nitrogens with one attached hydrogen (secondary N) is 2. The molecule has 0 radical (unpaired) electrons. The lowest BCUT2D eigenvalue weighted by molar-refractivity contribution is 0.520. The molecule has 0 atom stereocenters. The van der Waals surface area contributed by atoms with Gasteiger partial charge in [-0.15, -0.1) is 0 Å². The third-order valence-electron chi connectivity index (χ3n) is 2.41. The summed E-state index contributed by atoms with van der Waals surface area (Å²) in [5, 5.41) is 6.57. The first-order valence-electron chi connectivity index (χ1n) is 6.41. The highest BCUT2D eigenvalue weighted by Gasteiger charge is 1.94. The lowest BCUT2D eigenvalue weighted by Gasteiger charge is -2.08. The largest absolute Gasteiger partial charge is 0.317 e. The second-order valence-corrected chi connectivity index (χ2v) is 3.62. The van der Waals surface area contributed by atoms with E-state index in [1.807, 2.05) is 13.8 Å². The SMILES string of the molecule is C1CCNCC1.C1CCNCC1.CC. The Kier molecular flexibility index (Phi) is 12.8. The molecule has 2 heteroatoms. The zero-order chi connectivity index (χ0) is 10.5. The zero-order valence-electron chi connectivity index (χ0n) is 10.1. The fourth-order valence-corrected chi connectivity index (χ4v) is 1.60. The first kappa shape index (κ1) is 13.9. The van der Waals surface area contributed by atoms with Crippen LogP contribution in [0.2, 0.25) is 0 Å². The van der Waals surface area contributed by atoms with Crippen LogP contribution in [0.1, 0.15) is 52.4 Å². The second-order valence-electron chi connectivity index (χ2n) is 3.62. The van der Waals surface area contributed by atoms with E-state index in [4.69, 9.17) is 0 Å². The van der Waals surface area contributed by atoms with Crippen LogP contribution in [0.15, 0.2) is 0 Å². The van der Waals surface area contributed by atoms with Gasteiger partial charge in [-0.2, -0.15) is 0 Å². The van der Waals surface area contributed by atoms with Crippen molar-refractivity contribution in [1.29, 1.82) is 0 Å². The van der Waals surface area contributed by atoms with Crippen LogP contribution in [0, 0.1) is 0 Å². The van der Waals surface area contributed by atoms with Gasteiger partial charge in [0.15, 0.2) is 0 Å². The van der Waals surface area contributed by atoms with Gasteiger partial charge in [-0.1, -0.05) is 26.7 Å². The molecule has 0 aromatic carbocycles.